The van der Waals surface area contributed by atoms with Gasteiger partial charge in [-0.25, -0.2) is 4.98 Å². The fourth-order valence-corrected chi connectivity index (χ4v) is 1.54. The topological polar surface area (TPSA) is 79.5 Å². The number of aliphatic hydroxyl groups is 1. The average Bonchev–Trinajstić information content (AvgIpc) is 2.28. The van der Waals surface area contributed by atoms with E-state index >= 15 is 0 Å². The normalized spacial score (nSPS) is 10.0. The molecule has 0 aromatic carbocycles. The van der Waals surface area contributed by atoms with E-state index in [9.17, 15) is 10.1 Å². The van der Waals surface area contributed by atoms with E-state index < -0.39 is 4.92 Å². The first-order valence-corrected chi connectivity index (χ1v) is 5.18. The molecule has 0 radical (unpaired) electrons. The zero-order valence-electron chi connectivity index (χ0n) is 9.67. The number of rotatable bonds is 6. The molecule has 0 bridgehead atoms. The van der Waals surface area contributed by atoms with Crippen LogP contribution in [-0.4, -0.2) is 34.7 Å². The van der Waals surface area contributed by atoms with E-state index in [0.29, 0.717) is 24.5 Å². The second-order valence-corrected chi connectivity index (χ2v) is 3.55. The van der Waals surface area contributed by atoms with Crippen molar-refractivity contribution in [3.63, 3.8) is 0 Å². The van der Waals surface area contributed by atoms with Crippen LogP contribution in [0.25, 0.3) is 0 Å². The molecule has 1 rings (SSSR count). The van der Waals surface area contributed by atoms with Crippen molar-refractivity contribution in [1.29, 1.82) is 0 Å². The molecule has 6 nitrogen and oxygen atoms in total. The smallest absolute Gasteiger partial charge is 0.287 e. The van der Waals surface area contributed by atoms with E-state index in [1.807, 2.05) is 4.90 Å². The Morgan fingerprint density at radius 3 is 2.88 bits per heavy atom. The quantitative estimate of drug-likeness (QED) is 0.458. The first-order chi connectivity index (χ1) is 8.10. The van der Waals surface area contributed by atoms with Crippen LogP contribution in [0.3, 0.4) is 0 Å². The highest BCUT2D eigenvalue weighted by Crippen LogP contribution is 2.21. The summed E-state index contributed by atoms with van der Waals surface area (Å²) in [4.78, 5) is 16.0. The van der Waals surface area contributed by atoms with Crippen LogP contribution in [-0.2, 0) is 0 Å². The van der Waals surface area contributed by atoms with Crippen molar-refractivity contribution in [2.75, 3.05) is 24.6 Å². The van der Waals surface area contributed by atoms with Gasteiger partial charge in [-0.05, 0) is 12.5 Å². The van der Waals surface area contributed by atoms with Gasteiger partial charge in [0.2, 0.25) is 0 Å². The Morgan fingerprint density at radius 1 is 1.71 bits per heavy atom. The molecule has 0 aliphatic rings. The van der Waals surface area contributed by atoms with Crippen molar-refractivity contribution >= 4 is 11.5 Å². The number of aromatic nitrogens is 1. The van der Waals surface area contributed by atoms with E-state index in [2.05, 4.69) is 11.6 Å². The van der Waals surface area contributed by atoms with Crippen molar-refractivity contribution in [3.05, 3.63) is 40.6 Å². The fraction of sp³-hybridized carbons (Fsp3) is 0.364. The summed E-state index contributed by atoms with van der Waals surface area (Å²) in [5.74, 6) is 0.629. The van der Waals surface area contributed by atoms with E-state index in [1.54, 1.807) is 13.0 Å². The highest BCUT2D eigenvalue weighted by Gasteiger charge is 2.13. The maximum atomic E-state index is 10.6. The Kier molecular flexibility index (Phi) is 4.59. The van der Waals surface area contributed by atoms with Crippen molar-refractivity contribution in [2.45, 2.75) is 6.92 Å². The minimum atomic E-state index is -0.479. The molecular formula is C11H15N3O3. The summed E-state index contributed by atoms with van der Waals surface area (Å²) in [6, 6.07) is 1.47. The molecule has 0 aliphatic carbocycles. The maximum absolute atomic E-state index is 10.6. The molecule has 0 saturated carbocycles. The van der Waals surface area contributed by atoms with Crippen LogP contribution >= 0.6 is 0 Å². The zero-order chi connectivity index (χ0) is 12.8. The molecule has 0 aliphatic heterocycles. The second-order valence-electron chi connectivity index (χ2n) is 3.55. The molecule has 0 unspecified atom stereocenters. The molecule has 0 atom stereocenters. The summed E-state index contributed by atoms with van der Waals surface area (Å²) < 4.78 is 0. The number of pyridine rings is 1. The Labute approximate surface area is 99.4 Å². The zero-order valence-corrected chi connectivity index (χ0v) is 9.67. The number of nitro groups is 1. The molecule has 92 valence electrons. The first kappa shape index (κ1) is 13.1. The largest absolute Gasteiger partial charge is 0.395 e. The van der Waals surface area contributed by atoms with Crippen LogP contribution in [0.15, 0.2) is 24.9 Å². The van der Waals surface area contributed by atoms with Crippen LogP contribution in [0, 0.1) is 17.0 Å². The van der Waals surface area contributed by atoms with E-state index in [4.69, 9.17) is 5.11 Å². The standard InChI is InChI=1S/C11H15N3O3/c1-3-4-13(5-6-15)11-9(2)7-10(8-12-11)14(16)17/h3,7-8,15H,1,4-6H2,2H3. The van der Waals surface area contributed by atoms with E-state index in [1.165, 1.54) is 12.3 Å². The van der Waals surface area contributed by atoms with Gasteiger partial charge in [0.1, 0.15) is 12.0 Å². The molecule has 1 aromatic rings. The lowest BCUT2D eigenvalue weighted by molar-refractivity contribution is -0.385. The molecule has 0 saturated heterocycles. The lowest BCUT2D eigenvalue weighted by atomic mass is 10.2. The molecule has 1 heterocycles. The molecule has 6 heteroatoms. The molecule has 0 amide bonds. The van der Waals surface area contributed by atoms with E-state index in [-0.39, 0.29) is 12.3 Å². The van der Waals surface area contributed by atoms with Crippen LogP contribution < -0.4 is 4.90 Å². The summed E-state index contributed by atoms with van der Waals surface area (Å²) >= 11 is 0. The van der Waals surface area contributed by atoms with E-state index in [0.717, 1.165) is 0 Å². The van der Waals surface area contributed by atoms with Gasteiger partial charge in [0.05, 0.1) is 11.5 Å². The first-order valence-electron chi connectivity index (χ1n) is 5.18. The highest BCUT2D eigenvalue weighted by atomic mass is 16.6. The minimum Gasteiger partial charge on any atom is -0.395 e. The molecule has 0 fully saturated rings. The lowest BCUT2D eigenvalue weighted by Gasteiger charge is -2.22. The Balaban J connectivity index is 3.03. The van der Waals surface area contributed by atoms with Gasteiger partial charge in [0.25, 0.3) is 5.69 Å². The Bertz CT molecular complexity index is 420. The van der Waals surface area contributed by atoms with Crippen molar-refractivity contribution < 1.29 is 10.0 Å². The summed E-state index contributed by atoms with van der Waals surface area (Å²) in [6.45, 7) is 6.32. The van der Waals surface area contributed by atoms with Crippen LogP contribution in [0.1, 0.15) is 5.56 Å². The minimum absolute atomic E-state index is 0.00799. The van der Waals surface area contributed by atoms with Crippen molar-refractivity contribution in [2.24, 2.45) is 0 Å². The SMILES string of the molecule is C=CCN(CCO)c1ncc([N+](=O)[O-])cc1C. The van der Waals surface area contributed by atoms with Gasteiger partial charge in [0, 0.05) is 19.2 Å². The van der Waals surface area contributed by atoms with Crippen molar-refractivity contribution in [3.8, 4) is 0 Å². The van der Waals surface area contributed by atoms with Crippen LogP contribution in [0.4, 0.5) is 11.5 Å². The number of aryl methyl sites for hydroxylation is 1. The average molecular weight is 237 g/mol. The number of nitrogens with zero attached hydrogens (tertiary/aromatic N) is 3. The molecule has 1 aromatic heterocycles. The van der Waals surface area contributed by atoms with Crippen LogP contribution in [0.5, 0.6) is 0 Å². The van der Waals surface area contributed by atoms with Crippen LogP contribution in [0.2, 0.25) is 0 Å². The van der Waals surface area contributed by atoms with Gasteiger partial charge in [-0.15, -0.1) is 6.58 Å². The van der Waals surface area contributed by atoms with Gasteiger partial charge in [-0.3, -0.25) is 10.1 Å². The third kappa shape index (κ3) is 3.25. The lowest BCUT2D eigenvalue weighted by Crippen LogP contribution is -2.28. The van der Waals surface area contributed by atoms with Gasteiger partial charge >= 0.3 is 0 Å². The Hall–Kier alpha value is -1.95. The monoisotopic (exact) mass is 237 g/mol. The van der Waals surface area contributed by atoms with Gasteiger partial charge in [-0.2, -0.15) is 0 Å². The third-order valence-electron chi connectivity index (χ3n) is 2.27. The third-order valence-corrected chi connectivity index (χ3v) is 2.27. The molecule has 0 spiro atoms. The summed E-state index contributed by atoms with van der Waals surface area (Å²) in [5.41, 5.74) is 0.670. The number of aliphatic hydroxyl groups excluding tert-OH is 1. The summed E-state index contributed by atoms with van der Waals surface area (Å²) in [5, 5.41) is 19.5. The summed E-state index contributed by atoms with van der Waals surface area (Å²) in [6.07, 6.45) is 2.91. The van der Waals surface area contributed by atoms with Gasteiger partial charge in [-0.1, -0.05) is 6.08 Å². The summed E-state index contributed by atoms with van der Waals surface area (Å²) in [7, 11) is 0. The van der Waals surface area contributed by atoms with Gasteiger partial charge < -0.3 is 10.0 Å². The second kappa shape index (κ2) is 5.95. The predicted octanol–water partition coefficient (Wildman–Crippen LogP) is 1.28. The Morgan fingerprint density at radius 2 is 2.41 bits per heavy atom. The molecular weight excluding hydrogens is 222 g/mol. The predicted molar refractivity (Wildman–Crippen MR) is 65.1 cm³/mol. The number of anilines is 1. The molecule has 17 heavy (non-hydrogen) atoms. The molecule has 1 N–H and O–H groups in total. The number of hydrogen-bond donors (Lipinski definition) is 1. The number of hydrogen-bond acceptors (Lipinski definition) is 5. The highest BCUT2D eigenvalue weighted by molar-refractivity contribution is 5.50. The van der Waals surface area contributed by atoms with Gasteiger partial charge in [0.15, 0.2) is 0 Å². The fourth-order valence-electron chi connectivity index (χ4n) is 1.54. The van der Waals surface area contributed by atoms with Crippen molar-refractivity contribution in [1.82, 2.24) is 4.98 Å². The maximum Gasteiger partial charge on any atom is 0.287 e.